The molecule has 0 spiro atoms. The molecule has 3 aromatic rings. The summed E-state index contributed by atoms with van der Waals surface area (Å²) >= 11 is 1.52. The van der Waals surface area contributed by atoms with E-state index in [1.807, 2.05) is 34.5 Å². The number of allylic oxidation sites excluding steroid dienone is 1. The number of hydrogen-bond acceptors (Lipinski definition) is 5. The van der Waals surface area contributed by atoms with Gasteiger partial charge in [0.25, 0.3) is 5.91 Å². The zero-order valence-corrected chi connectivity index (χ0v) is 24.3. The number of nitrogens with one attached hydrogen (secondary N) is 1. The molecule has 0 aliphatic carbocycles. The van der Waals surface area contributed by atoms with Crippen molar-refractivity contribution >= 4 is 28.8 Å². The van der Waals surface area contributed by atoms with Crippen LogP contribution in [0.25, 0.3) is 11.1 Å². The number of rotatable bonds is 8. The number of halogens is 2. The molecule has 0 bridgehead atoms. The van der Waals surface area contributed by atoms with Crippen molar-refractivity contribution in [3.63, 3.8) is 0 Å². The Labute approximate surface area is 239 Å². The number of para-hydroxylation sites is 1. The number of carbonyl (C=O) groups excluding carboxylic acids is 2. The molecule has 2 aromatic carbocycles. The smallest absolute Gasteiger partial charge is 0.275 e. The number of thiazole rings is 1. The Bertz CT molecular complexity index is 1290. The Kier molecular flexibility index (Phi) is 11.0. The second-order valence-electron chi connectivity index (χ2n) is 10.2. The summed E-state index contributed by atoms with van der Waals surface area (Å²) in [5.41, 5.74) is 4.41. The van der Waals surface area contributed by atoms with Gasteiger partial charge in [-0.1, -0.05) is 54.6 Å². The molecule has 0 atom stereocenters. The third-order valence-electron chi connectivity index (χ3n) is 6.40. The van der Waals surface area contributed by atoms with E-state index in [1.54, 1.807) is 7.11 Å². The fourth-order valence-electron chi connectivity index (χ4n) is 4.23. The third kappa shape index (κ3) is 9.55. The van der Waals surface area contributed by atoms with Crippen molar-refractivity contribution in [3.05, 3.63) is 82.5 Å². The van der Waals surface area contributed by atoms with Crippen LogP contribution in [0.1, 0.15) is 66.5 Å². The first-order valence-electron chi connectivity index (χ1n) is 13.2. The lowest BCUT2D eigenvalue weighted by Crippen LogP contribution is -2.37. The Morgan fingerprint density at radius 1 is 1.10 bits per heavy atom. The topological polar surface area (TPSA) is 71.5 Å². The molecule has 1 fully saturated rings. The van der Waals surface area contributed by atoms with Crippen LogP contribution in [0.5, 0.6) is 0 Å². The van der Waals surface area contributed by atoms with Crippen LogP contribution in [-0.4, -0.2) is 47.8 Å². The van der Waals surface area contributed by atoms with Gasteiger partial charge in [0.15, 0.2) is 0 Å². The van der Waals surface area contributed by atoms with Gasteiger partial charge < -0.3 is 15.0 Å². The molecule has 4 rings (SSSR count). The molecule has 40 heavy (non-hydrogen) atoms. The van der Waals surface area contributed by atoms with Crippen molar-refractivity contribution in [2.45, 2.75) is 58.3 Å². The first kappa shape index (κ1) is 30.9. The molecule has 0 saturated carbocycles. The van der Waals surface area contributed by atoms with E-state index in [4.69, 9.17) is 4.74 Å². The molecule has 1 aliphatic heterocycles. The summed E-state index contributed by atoms with van der Waals surface area (Å²) in [4.78, 5) is 32.0. The molecule has 1 aliphatic rings. The lowest BCUT2D eigenvalue weighted by atomic mass is 9.97. The SMILES string of the molecule is C=C(CCC(=O)N1CCC(c2nc(C(=O)Nc3ccccc3-c3ccc(C)cc3)cs2)CC1)OC.CC(C)(F)F. The summed E-state index contributed by atoms with van der Waals surface area (Å²) in [6, 6.07) is 16.1. The van der Waals surface area contributed by atoms with Crippen LogP contribution < -0.4 is 5.32 Å². The van der Waals surface area contributed by atoms with Gasteiger partial charge >= 0.3 is 0 Å². The largest absolute Gasteiger partial charge is 0.502 e. The highest BCUT2D eigenvalue weighted by Gasteiger charge is 2.26. The van der Waals surface area contributed by atoms with Crippen LogP contribution in [-0.2, 0) is 9.53 Å². The number of ether oxygens (including phenoxy) is 1. The van der Waals surface area contributed by atoms with Gasteiger partial charge in [0.05, 0.1) is 17.9 Å². The van der Waals surface area contributed by atoms with Gasteiger partial charge in [-0.25, -0.2) is 13.8 Å². The van der Waals surface area contributed by atoms with Crippen molar-refractivity contribution in [2.75, 3.05) is 25.5 Å². The third-order valence-corrected chi connectivity index (χ3v) is 7.40. The number of nitrogens with zero attached hydrogens (tertiary/aromatic N) is 2. The number of carbonyl (C=O) groups is 2. The minimum Gasteiger partial charge on any atom is -0.502 e. The number of anilines is 1. The Morgan fingerprint density at radius 3 is 2.35 bits per heavy atom. The van der Waals surface area contributed by atoms with E-state index in [0.717, 1.165) is 48.5 Å². The van der Waals surface area contributed by atoms with Crippen LogP contribution in [0, 0.1) is 6.92 Å². The zero-order chi connectivity index (χ0) is 29.3. The number of amides is 2. The first-order valence-corrected chi connectivity index (χ1v) is 14.1. The highest BCUT2D eigenvalue weighted by molar-refractivity contribution is 7.10. The fourth-order valence-corrected chi connectivity index (χ4v) is 5.20. The number of hydrogen-bond donors (Lipinski definition) is 1. The van der Waals surface area contributed by atoms with Crippen molar-refractivity contribution in [1.29, 1.82) is 0 Å². The molecule has 9 heteroatoms. The number of alkyl halides is 2. The average Bonchev–Trinajstić information content (AvgIpc) is 3.42. The second kappa shape index (κ2) is 14.2. The van der Waals surface area contributed by atoms with E-state index >= 15 is 0 Å². The molecule has 6 nitrogen and oxygen atoms in total. The van der Waals surface area contributed by atoms with Gasteiger partial charge in [-0.2, -0.15) is 0 Å². The summed E-state index contributed by atoms with van der Waals surface area (Å²) in [5, 5.41) is 5.83. The van der Waals surface area contributed by atoms with E-state index < -0.39 is 5.92 Å². The van der Waals surface area contributed by atoms with Crippen LogP contribution in [0.4, 0.5) is 14.5 Å². The minimum absolute atomic E-state index is 0.132. The normalized spacial score (nSPS) is 13.7. The predicted octanol–water partition coefficient (Wildman–Crippen LogP) is 7.68. The maximum atomic E-state index is 13.0. The van der Waals surface area contributed by atoms with Crippen molar-refractivity contribution in [3.8, 4) is 11.1 Å². The number of aromatic nitrogens is 1. The second-order valence-corrected chi connectivity index (χ2v) is 11.1. The van der Waals surface area contributed by atoms with E-state index in [0.29, 0.717) is 37.4 Å². The lowest BCUT2D eigenvalue weighted by Gasteiger charge is -2.31. The standard InChI is InChI=1S/C28H31N3O3S.C3H6F2/c1-19-8-11-21(12-9-19)23-6-4-5-7-24(23)29-27(33)25-18-35-28(30-25)22-14-16-31(17-15-22)26(32)13-10-20(2)34-3;1-3(2,4)5/h4-9,11-12,18,22H,2,10,13-17H2,1,3H3,(H,29,33);1-2H3. The van der Waals surface area contributed by atoms with Gasteiger partial charge in [-0.15, -0.1) is 11.3 Å². The summed E-state index contributed by atoms with van der Waals surface area (Å²) in [6.07, 6.45) is 2.67. The van der Waals surface area contributed by atoms with Crippen LogP contribution in [0.3, 0.4) is 0 Å². The maximum absolute atomic E-state index is 13.0. The fraction of sp³-hybridized carbons (Fsp3) is 0.387. The summed E-state index contributed by atoms with van der Waals surface area (Å²) in [5.74, 6) is -1.69. The predicted molar refractivity (Wildman–Crippen MR) is 157 cm³/mol. The van der Waals surface area contributed by atoms with Crippen molar-refractivity contribution < 1.29 is 23.1 Å². The van der Waals surface area contributed by atoms with Crippen molar-refractivity contribution in [2.24, 2.45) is 0 Å². The van der Waals surface area contributed by atoms with Gasteiger partial charge in [0, 0.05) is 48.5 Å². The average molecular weight is 570 g/mol. The van der Waals surface area contributed by atoms with Gasteiger partial charge in [0.1, 0.15) is 5.69 Å². The monoisotopic (exact) mass is 569 g/mol. The minimum atomic E-state index is -2.50. The van der Waals surface area contributed by atoms with Crippen LogP contribution in [0.2, 0.25) is 0 Å². The molecule has 2 amide bonds. The zero-order valence-electron chi connectivity index (χ0n) is 23.5. The molecule has 0 unspecified atom stereocenters. The Hall–Kier alpha value is -3.59. The van der Waals surface area contributed by atoms with E-state index in [-0.39, 0.29) is 17.7 Å². The van der Waals surface area contributed by atoms with E-state index in [1.165, 1.54) is 16.9 Å². The number of likely N-dealkylation sites (tertiary alicyclic amines) is 1. The summed E-state index contributed by atoms with van der Waals surface area (Å²) in [7, 11) is 1.57. The molecular weight excluding hydrogens is 532 g/mol. The Balaban J connectivity index is 0.000000810. The number of aryl methyl sites for hydroxylation is 1. The molecule has 1 saturated heterocycles. The molecule has 214 valence electrons. The number of benzene rings is 2. The quantitative estimate of drug-likeness (QED) is 0.283. The maximum Gasteiger partial charge on any atom is 0.275 e. The highest BCUT2D eigenvalue weighted by Crippen LogP contribution is 2.32. The van der Waals surface area contributed by atoms with Gasteiger partial charge in [-0.3, -0.25) is 9.59 Å². The van der Waals surface area contributed by atoms with E-state index in [2.05, 4.69) is 48.1 Å². The van der Waals surface area contributed by atoms with Crippen LogP contribution in [0.15, 0.2) is 66.2 Å². The first-order chi connectivity index (χ1) is 18.9. The highest BCUT2D eigenvalue weighted by atomic mass is 32.1. The summed E-state index contributed by atoms with van der Waals surface area (Å²) in [6.45, 7) is 8.94. The van der Waals surface area contributed by atoms with E-state index in [9.17, 15) is 18.4 Å². The van der Waals surface area contributed by atoms with Gasteiger partial charge in [0.2, 0.25) is 11.8 Å². The lowest BCUT2D eigenvalue weighted by molar-refractivity contribution is -0.132. The Morgan fingerprint density at radius 2 is 1.73 bits per heavy atom. The van der Waals surface area contributed by atoms with Crippen molar-refractivity contribution in [1.82, 2.24) is 9.88 Å². The molecule has 0 radical (unpaired) electrons. The molecular formula is C31H37F2N3O3S. The molecule has 1 aromatic heterocycles. The van der Waals surface area contributed by atoms with Gasteiger partial charge in [-0.05, 0) is 45.2 Å². The molecule has 1 N–H and O–H groups in total. The number of methoxy groups -OCH3 is 1. The molecule has 2 heterocycles. The summed E-state index contributed by atoms with van der Waals surface area (Å²) < 4.78 is 27.1. The van der Waals surface area contributed by atoms with Crippen LogP contribution >= 0.6 is 11.3 Å². The number of piperidine rings is 1.